The number of ether oxygens (including phenoxy) is 1. The largest absolute Gasteiger partial charge is 0.454 e. The molecule has 1 heterocycles. The molecule has 0 bridgehead atoms. The van der Waals surface area contributed by atoms with Gasteiger partial charge >= 0.3 is 0 Å². The maximum Gasteiger partial charge on any atom is 0.150 e. The Morgan fingerprint density at radius 2 is 1.90 bits per heavy atom. The van der Waals surface area contributed by atoms with Crippen LogP contribution in [0.3, 0.4) is 0 Å². The first-order valence-electron chi connectivity index (χ1n) is 6.09. The summed E-state index contributed by atoms with van der Waals surface area (Å²) in [6, 6.07) is 16.5. The van der Waals surface area contributed by atoms with E-state index in [1.807, 2.05) is 30.3 Å². The van der Waals surface area contributed by atoms with Gasteiger partial charge in [-0.05, 0) is 36.4 Å². The molecule has 0 aliphatic heterocycles. The van der Waals surface area contributed by atoms with Gasteiger partial charge < -0.3 is 10.5 Å². The monoisotopic (exact) mass is 261 g/mol. The molecule has 0 saturated carbocycles. The van der Waals surface area contributed by atoms with Crippen LogP contribution in [0.5, 0.6) is 11.5 Å². The number of nitrogen functional groups attached to an aromatic ring is 1. The molecule has 2 N–H and O–H groups in total. The normalized spacial score (nSPS) is 10.2. The van der Waals surface area contributed by atoms with Gasteiger partial charge in [-0.3, -0.25) is 4.98 Å². The number of para-hydroxylation sites is 1. The Balaban J connectivity index is 2.04. The van der Waals surface area contributed by atoms with E-state index < -0.39 is 0 Å². The molecule has 0 fully saturated rings. The predicted molar refractivity (Wildman–Crippen MR) is 77.4 cm³/mol. The highest BCUT2D eigenvalue weighted by atomic mass is 16.5. The van der Waals surface area contributed by atoms with Gasteiger partial charge in [-0.15, -0.1) is 0 Å². The lowest BCUT2D eigenvalue weighted by Crippen LogP contribution is -1.94. The predicted octanol–water partition coefficient (Wildman–Crippen LogP) is 3.48. The van der Waals surface area contributed by atoms with Crippen LogP contribution in [0.15, 0.2) is 54.7 Å². The van der Waals surface area contributed by atoms with Crippen molar-refractivity contribution in [2.75, 3.05) is 5.73 Å². The van der Waals surface area contributed by atoms with E-state index in [1.54, 1.807) is 30.5 Å². The SMILES string of the molecule is N#Cc1ccc(Oc2ccnc3ccccc23)c(N)c1. The van der Waals surface area contributed by atoms with Crippen molar-refractivity contribution < 1.29 is 4.74 Å². The Hall–Kier alpha value is -3.06. The number of hydrogen-bond donors (Lipinski definition) is 1. The molecule has 0 saturated heterocycles. The first-order chi connectivity index (χ1) is 9.78. The summed E-state index contributed by atoms with van der Waals surface area (Å²) >= 11 is 0. The first kappa shape index (κ1) is 12.0. The molecule has 4 heteroatoms. The molecule has 3 aromatic rings. The van der Waals surface area contributed by atoms with E-state index in [1.165, 1.54) is 0 Å². The van der Waals surface area contributed by atoms with E-state index >= 15 is 0 Å². The maximum absolute atomic E-state index is 8.83. The Bertz CT molecular complexity index is 816. The number of nitrogens with two attached hydrogens (primary N) is 1. The van der Waals surface area contributed by atoms with E-state index in [9.17, 15) is 0 Å². The number of nitrogens with zero attached hydrogens (tertiary/aromatic N) is 2. The molecule has 3 rings (SSSR count). The zero-order valence-corrected chi connectivity index (χ0v) is 10.6. The topological polar surface area (TPSA) is 71.9 Å². The standard InChI is InChI=1S/C16H11N3O/c17-10-11-5-6-16(13(18)9-11)20-15-7-8-19-14-4-2-1-3-12(14)15/h1-9H,18H2. The van der Waals surface area contributed by atoms with Gasteiger partial charge in [-0.2, -0.15) is 5.26 Å². The molecule has 96 valence electrons. The van der Waals surface area contributed by atoms with Crippen molar-refractivity contribution in [3.8, 4) is 17.6 Å². The van der Waals surface area contributed by atoms with Crippen LogP contribution in [0.4, 0.5) is 5.69 Å². The summed E-state index contributed by atoms with van der Waals surface area (Å²) in [6.07, 6.45) is 1.69. The highest BCUT2D eigenvalue weighted by molar-refractivity contribution is 5.85. The zero-order chi connectivity index (χ0) is 13.9. The van der Waals surface area contributed by atoms with Crippen LogP contribution in [0, 0.1) is 11.3 Å². The van der Waals surface area contributed by atoms with Gasteiger partial charge in [-0.1, -0.05) is 12.1 Å². The lowest BCUT2D eigenvalue weighted by Gasteiger charge is -2.10. The second-order valence-electron chi connectivity index (χ2n) is 4.29. The molecular formula is C16H11N3O. The van der Waals surface area contributed by atoms with E-state index in [2.05, 4.69) is 4.98 Å². The molecule has 20 heavy (non-hydrogen) atoms. The molecule has 4 nitrogen and oxygen atoms in total. The van der Waals surface area contributed by atoms with Gasteiger partial charge in [0.2, 0.25) is 0 Å². The summed E-state index contributed by atoms with van der Waals surface area (Å²) in [4.78, 5) is 4.28. The number of pyridine rings is 1. The minimum Gasteiger partial charge on any atom is -0.454 e. The maximum atomic E-state index is 8.83. The third kappa shape index (κ3) is 2.13. The molecule has 0 spiro atoms. The second-order valence-corrected chi connectivity index (χ2v) is 4.29. The summed E-state index contributed by atoms with van der Waals surface area (Å²) < 4.78 is 5.85. The van der Waals surface area contributed by atoms with Crippen LogP contribution in [0.25, 0.3) is 10.9 Å². The fourth-order valence-electron chi connectivity index (χ4n) is 1.99. The molecule has 0 amide bonds. The van der Waals surface area contributed by atoms with Gasteiger partial charge in [0.1, 0.15) is 11.5 Å². The van der Waals surface area contributed by atoms with Crippen molar-refractivity contribution in [2.24, 2.45) is 0 Å². The highest BCUT2D eigenvalue weighted by Crippen LogP contribution is 2.32. The number of benzene rings is 2. The summed E-state index contributed by atoms with van der Waals surface area (Å²) in [7, 11) is 0. The number of hydrogen-bond acceptors (Lipinski definition) is 4. The smallest absolute Gasteiger partial charge is 0.150 e. The number of aromatic nitrogens is 1. The van der Waals surface area contributed by atoms with Crippen molar-refractivity contribution in [1.29, 1.82) is 5.26 Å². The van der Waals surface area contributed by atoms with Gasteiger partial charge in [0.25, 0.3) is 0 Å². The van der Waals surface area contributed by atoms with E-state index in [4.69, 9.17) is 15.7 Å². The van der Waals surface area contributed by atoms with Crippen molar-refractivity contribution in [1.82, 2.24) is 4.98 Å². The third-order valence-corrected chi connectivity index (χ3v) is 2.97. The molecule has 0 aliphatic rings. The van der Waals surface area contributed by atoms with Crippen LogP contribution in [-0.4, -0.2) is 4.98 Å². The molecule has 1 aromatic heterocycles. The third-order valence-electron chi connectivity index (χ3n) is 2.97. The molecule has 0 aliphatic carbocycles. The van der Waals surface area contributed by atoms with Gasteiger partial charge in [0.15, 0.2) is 0 Å². The summed E-state index contributed by atoms with van der Waals surface area (Å²) in [6.45, 7) is 0. The Kier molecular flexibility index (Phi) is 2.94. The van der Waals surface area contributed by atoms with Crippen LogP contribution in [0.2, 0.25) is 0 Å². The van der Waals surface area contributed by atoms with Gasteiger partial charge in [0, 0.05) is 11.6 Å². The van der Waals surface area contributed by atoms with Crippen molar-refractivity contribution >= 4 is 16.6 Å². The summed E-state index contributed by atoms with van der Waals surface area (Å²) in [5.74, 6) is 1.22. The molecule has 0 unspecified atom stereocenters. The Morgan fingerprint density at radius 1 is 1.05 bits per heavy atom. The number of anilines is 1. The fraction of sp³-hybridized carbons (Fsp3) is 0. The molecule has 0 radical (unpaired) electrons. The van der Waals surface area contributed by atoms with Crippen LogP contribution in [0.1, 0.15) is 5.56 Å². The van der Waals surface area contributed by atoms with Crippen molar-refractivity contribution in [3.05, 3.63) is 60.3 Å². The van der Waals surface area contributed by atoms with Crippen LogP contribution >= 0.6 is 0 Å². The molecule has 2 aromatic carbocycles. The zero-order valence-electron chi connectivity index (χ0n) is 10.6. The quantitative estimate of drug-likeness (QED) is 0.717. The summed E-state index contributed by atoms with van der Waals surface area (Å²) in [5, 5.41) is 9.74. The average molecular weight is 261 g/mol. The fourth-order valence-corrected chi connectivity index (χ4v) is 1.99. The van der Waals surface area contributed by atoms with E-state index in [0.29, 0.717) is 22.7 Å². The van der Waals surface area contributed by atoms with Gasteiger partial charge in [-0.25, -0.2) is 0 Å². The van der Waals surface area contributed by atoms with Crippen molar-refractivity contribution in [3.63, 3.8) is 0 Å². The van der Waals surface area contributed by atoms with E-state index in [-0.39, 0.29) is 0 Å². The molecule has 0 atom stereocenters. The van der Waals surface area contributed by atoms with Crippen LogP contribution < -0.4 is 10.5 Å². The average Bonchev–Trinajstić information content (AvgIpc) is 2.49. The van der Waals surface area contributed by atoms with Crippen molar-refractivity contribution in [2.45, 2.75) is 0 Å². The lowest BCUT2D eigenvalue weighted by atomic mass is 10.2. The lowest BCUT2D eigenvalue weighted by molar-refractivity contribution is 0.490. The number of rotatable bonds is 2. The minimum atomic E-state index is 0.435. The second kappa shape index (κ2) is 4.90. The Morgan fingerprint density at radius 3 is 2.70 bits per heavy atom. The van der Waals surface area contributed by atoms with E-state index in [0.717, 1.165) is 10.9 Å². The number of nitriles is 1. The van der Waals surface area contributed by atoms with Gasteiger partial charge in [0.05, 0.1) is 22.8 Å². The highest BCUT2D eigenvalue weighted by Gasteiger charge is 2.07. The minimum absolute atomic E-state index is 0.435. The molecular weight excluding hydrogens is 250 g/mol. The first-order valence-corrected chi connectivity index (χ1v) is 6.09. The Labute approximate surface area is 116 Å². The van der Waals surface area contributed by atoms with Crippen LogP contribution in [-0.2, 0) is 0 Å². The number of fused-ring (bicyclic) bond motifs is 1. The summed E-state index contributed by atoms with van der Waals surface area (Å²) in [5.41, 5.74) is 7.70.